The Morgan fingerprint density at radius 2 is 2.20 bits per heavy atom. The molecule has 0 aliphatic rings. The van der Waals surface area contributed by atoms with Gasteiger partial charge in [0, 0.05) is 0 Å². The largest absolute Gasteiger partial charge is 0.477 e. The summed E-state index contributed by atoms with van der Waals surface area (Å²) < 4.78 is 0. The molecule has 0 aliphatic carbocycles. The second-order valence-corrected chi connectivity index (χ2v) is 3.02. The zero-order chi connectivity index (χ0) is 11.4. The van der Waals surface area contributed by atoms with Crippen molar-refractivity contribution in [3.63, 3.8) is 0 Å². The average molecular weight is 209 g/mol. The molecule has 1 atom stereocenters. The van der Waals surface area contributed by atoms with Gasteiger partial charge in [-0.25, -0.2) is 9.78 Å². The maximum atomic E-state index is 11.2. The molecule has 1 aromatic heterocycles. The Morgan fingerprint density at radius 1 is 1.53 bits per heavy atom. The van der Waals surface area contributed by atoms with Crippen LogP contribution in [0.3, 0.4) is 0 Å². The van der Waals surface area contributed by atoms with Crippen LogP contribution in [0.15, 0.2) is 18.3 Å². The Labute approximate surface area is 86.1 Å². The van der Waals surface area contributed by atoms with Crippen molar-refractivity contribution in [3.05, 3.63) is 24.0 Å². The molecule has 80 valence electrons. The number of nitrogens with zero attached hydrogens (tertiary/aromatic N) is 1. The van der Waals surface area contributed by atoms with E-state index in [1.54, 1.807) is 6.92 Å². The smallest absolute Gasteiger partial charge is 0.354 e. The highest BCUT2D eigenvalue weighted by Gasteiger charge is 2.08. The molecule has 6 nitrogen and oxygen atoms in total. The summed E-state index contributed by atoms with van der Waals surface area (Å²) in [4.78, 5) is 25.3. The highest BCUT2D eigenvalue weighted by Crippen LogP contribution is 2.06. The van der Waals surface area contributed by atoms with Gasteiger partial charge in [-0.15, -0.1) is 0 Å². The van der Waals surface area contributed by atoms with Crippen LogP contribution in [-0.4, -0.2) is 28.0 Å². The van der Waals surface area contributed by atoms with Gasteiger partial charge in [-0.05, 0) is 19.1 Å². The molecular formula is C9H11N3O3. The Kier molecular flexibility index (Phi) is 3.35. The van der Waals surface area contributed by atoms with Crippen LogP contribution in [0.5, 0.6) is 0 Å². The molecule has 4 N–H and O–H groups in total. The number of aromatic nitrogens is 1. The minimum Gasteiger partial charge on any atom is -0.477 e. The van der Waals surface area contributed by atoms with Crippen molar-refractivity contribution in [2.75, 3.05) is 5.32 Å². The van der Waals surface area contributed by atoms with E-state index in [2.05, 4.69) is 10.3 Å². The number of carboxylic acids is 1. The summed E-state index contributed by atoms with van der Waals surface area (Å²) in [7, 11) is 0. The van der Waals surface area contributed by atoms with Crippen LogP contribution in [-0.2, 0) is 4.79 Å². The number of carbonyl (C=O) groups is 2. The fraction of sp³-hybridized carbons (Fsp3) is 0.222. The second kappa shape index (κ2) is 4.52. The standard InChI is InChI=1S/C9H11N3O3/c1-5(10)8(13)12-6-2-3-7(9(14)15)11-4-6/h2-5H,10H2,1H3,(H,12,13)(H,14,15)/t5-/m1/s1. The number of rotatable bonds is 3. The van der Waals surface area contributed by atoms with E-state index >= 15 is 0 Å². The van der Waals surface area contributed by atoms with Crippen LogP contribution in [0.4, 0.5) is 5.69 Å². The normalized spacial score (nSPS) is 11.9. The number of hydrogen-bond donors (Lipinski definition) is 3. The first kappa shape index (κ1) is 11.1. The monoisotopic (exact) mass is 209 g/mol. The molecule has 1 heterocycles. The lowest BCUT2D eigenvalue weighted by Crippen LogP contribution is -2.32. The van der Waals surface area contributed by atoms with Gasteiger partial charge in [-0.3, -0.25) is 4.79 Å². The predicted molar refractivity (Wildman–Crippen MR) is 53.5 cm³/mol. The van der Waals surface area contributed by atoms with Gasteiger partial charge in [0.25, 0.3) is 0 Å². The fourth-order valence-electron chi connectivity index (χ4n) is 0.850. The summed E-state index contributed by atoms with van der Waals surface area (Å²) in [6.07, 6.45) is 1.27. The highest BCUT2D eigenvalue weighted by atomic mass is 16.4. The summed E-state index contributed by atoms with van der Waals surface area (Å²) >= 11 is 0. The first-order valence-electron chi connectivity index (χ1n) is 4.26. The number of carboxylic acid groups (broad SMARTS) is 1. The van der Waals surface area contributed by atoms with Gasteiger partial charge in [0.05, 0.1) is 17.9 Å². The minimum atomic E-state index is -1.11. The van der Waals surface area contributed by atoms with Gasteiger partial charge in [0.1, 0.15) is 5.69 Å². The van der Waals surface area contributed by atoms with Crippen molar-refractivity contribution in [2.45, 2.75) is 13.0 Å². The molecule has 0 aliphatic heterocycles. The summed E-state index contributed by atoms with van der Waals surface area (Å²) in [6, 6.07) is 2.14. The van der Waals surface area contributed by atoms with Crippen LogP contribution < -0.4 is 11.1 Å². The summed E-state index contributed by atoms with van der Waals surface area (Å²) in [6.45, 7) is 1.55. The summed E-state index contributed by atoms with van der Waals surface area (Å²) in [5.74, 6) is -1.46. The van der Waals surface area contributed by atoms with Gasteiger partial charge in [0.15, 0.2) is 0 Å². The molecule has 6 heteroatoms. The lowest BCUT2D eigenvalue weighted by atomic mass is 10.3. The number of aromatic carboxylic acids is 1. The van der Waals surface area contributed by atoms with Crippen LogP contribution >= 0.6 is 0 Å². The zero-order valence-corrected chi connectivity index (χ0v) is 8.10. The van der Waals surface area contributed by atoms with Crippen molar-refractivity contribution in [3.8, 4) is 0 Å². The first-order valence-corrected chi connectivity index (χ1v) is 4.26. The lowest BCUT2D eigenvalue weighted by Gasteiger charge is -2.06. The van der Waals surface area contributed by atoms with Crippen LogP contribution in [0.25, 0.3) is 0 Å². The third-order valence-corrected chi connectivity index (χ3v) is 1.66. The number of pyridine rings is 1. The van der Waals surface area contributed by atoms with E-state index in [1.807, 2.05) is 0 Å². The molecule has 0 radical (unpaired) electrons. The van der Waals surface area contributed by atoms with Gasteiger partial charge < -0.3 is 16.2 Å². The van der Waals surface area contributed by atoms with E-state index in [0.29, 0.717) is 5.69 Å². The molecule has 0 spiro atoms. The Hall–Kier alpha value is -1.95. The number of amides is 1. The van der Waals surface area contributed by atoms with E-state index in [9.17, 15) is 9.59 Å². The zero-order valence-electron chi connectivity index (χ0n) is 8.10. The molecule has 15 heavy (non-hydrogen) atoms. The van der Waals surface area contributed by atoms with Crippen LogP contribution in [0, 0.1) is 0 Å². The quantitative estimate of drug-likeness (QED) is 0.653. The van der Waals surface area contributed by atoms with Crippen molar-refractivity contribution < 1.29 is 14.7 Å². The average Bonchev–Trinajstić information content (AvgIpc) is 2.18. The second-order valence-electron chi connectivity index (χ2n) is 3.02. The van der Waals surface area contributed by atoms with E-state index in [-0.39, 0.29) is 11.6 Å². The topological polar surface area (TPSA) is 105 Å². The molecule has 0 saturated carbocycles. The molecular weight excluding hydrogens is 198 g/mol. The SMILES string of the molecule is C[C@@H](N)C(=O)Nc1ccc(C(=O)O)nc1. The summed E-state index contributed by atoms with van der Waals surface area (Å²) in [5, 5.41) is 11.1. The Balaban J connectivity index is 2.73. The predicted octanol–water partition coefficient (Wildman–Crippen LogP) is 0.0655. The number of nitrogens with two attached hydrogens (primary N) is 1. The third-order valence-electron chi connectivity index (χ3n) is 1.66. The maximum absolute atomic E-state index is 11.2. The van der Waals surface area contributed by atoms with Gasteiger partial charge in [-0.1, -0.05) is 0 Å². The lowest BCUT2D eigenvalue weighted by molar-refractivity contribution is -0.117. The molecule has 0 bridgehead atoms. The van der Waals surface area contributed by atoms with E-state index in [1.165, 1.54) is 18.3 Å². The minimum absolute atomic E-state index is 0.0752. The van der Waals surface area contributed by atoms with Gasteiger partial charge >= 0.3 is 5.97 Å². The van der Waals surface area contributed by atoms with E-state index < -0.39 is 12.0 Å². The molecule has 0 saturated heterocycles. The molecule has 0 unspecified atom stereocenters. The van der Waals surface area contributed by atoms with Crippen molar-refractivity contribution in [1.29, 1.82) is 0 Å². The number of nitrogens with one attached hydrogen (secondary N) is 1. The summed E-state index contributed by atoms with van der Waals surface area (Å²) in [5.41, 5.74) is 5.68. The Bertz CT molecular complexity index is 373. The van der Waals surface area contributed by atoms with Crippen LogP contribution in [0.1, 0.15) is 17.4 Å². The van der Waals surface area contributed by atoms with Crippen LogP contribution in [0.2, 0.25) is 0 Å². The van der Waals surface area contributed by atoms with Crippen molar-refractivity contribution in [2.24, 2.45) is 5.73 Å². The fourth-order valence-corrected chi connectivity index (χ4v) is 0.850. The molecule has 0 fully saturated rings. The van der Waals surface area contributed by atoms with Gasteiger partial charge in [-0.2, -0.15) is 0 Å². The maximum Gasteiger partial charge on any atom is 0.354 e. The Morgan fingerprint density at radius 3 is 2.60 bits per heavy atom. The van der Waals surface area contributed by atoms with Gasteiger partial charge in [0.2, 0.25) is 5.91 Å². The number of carbonyl (C=O) groups excluding carboxylic acids is 1. The van der Waals surface area contributed by atoms with Crippen molar-refractivity contribution >= 4 is 17.6 Å². The molecule has 0 aromatic carbocycles. The molecule has 1 rings (SSSR count). The van der Waals surface area contributed by atoms with Crippen molar-refractivity contribution in [1.82, 2.24) is 4.98 Å². The number of anilines is 1. The van der Waals surface area contributed by atoms with E-state index in [4.69, 9.17) is 10.8 Å². The first-order chi connectivity index (χ1) is 7.00. The third kappa shape index (κ3) is 3.03. The van der Waals surface area contributed by atoms with E-state index in [0.717, 1.165) is 0 Å². The highest BCUT2D eigenvalue weighted by molar-refractivity contribution is 5.94. The number of hydrogen-bond acceptors (Lipinski definition) is 4. The molecule has 1 aromatic rings. The molecule has 1 amide bonds.